The summed E-state index contributed by atoms with van der Waals surface area (Å²) in [6, 6.07) is 12.6. The Morgan fingerprint density at radius 3 is 2.59 bits per heavy atom. The van der Waals surface area contributed by atoms with Gasteiger partial charge in [0.05, 0.1) is 4.90 Å². The van der Waals surface area contributed by atoms with E-state index in [4.69, 9.17) is 0 Å². The van der Waals surface area contributed by atoms with Crippen molar-refractivity contribution in [1.82, 2.24) is 18.8 Å². The smallest absolute Gasteiger partial charge is 0.243 e. The lowest BCUT2D eigenvalue weighted by atomic mass is 9.98. The molecule has 1 aliphatic heterocycles. The fourth-order valence-corrected chi connectivity index (χ4v) is 5.16. The number of hydrogen-bond donors (Lipinski definition) is 0. The van der Waals surface area contributed by atoms with E-state index in [1.807, 2.05) is 24.4 Å². The topological polar surface area (TPSA) is 68.1 Å². The predicted molar refractivity (Wildman–Crippen MR) is 103 cm³/mol. The van der Waals surface area contributed by atoms with E-state index in [1.165, 1.54) is 0 Å². The Kier molecular flexibility index (Phi) is 5.05. The number of sulfonamides is 1. The quantitative estimate of drug-likeness (QED) is 0.680. The number of aromatic nitrogens is 3. The van der Waals surface area contributed by atoms with E-state index in [9.17, 15) is 8.42 Å². The minimum Gasteiger partial charge on any atom is -0.330 e. The third-order valence-corrected chi connectivity index (χ3v) is 6.86. The van der Waals surface area contributed by atoms with E-state index in [0.29, 0.717) is 24.5 Å². The highest BCUT2D eigenvalue weighted by Crippen LogP contribution is 2.29. The molecule has 3 heterocycles. The highest BCUT2D eigenvalue weighted by molar-refractivity contribution is 7.89. The van der Waals surface area contributed by atoms with Crippen molar-refractivity contribution in [2.24, 2.45) is 0 Å². The molecule has 1 aromatic carbocycles. The zero-order valence-electron chi connectivity index (χ0n) is 15.0. The van der Waals surface area contributed by atoms with Crippen LogP contribution in [-0.2, 0) is 16.6 Å². The summed E-state index contributed by atoms with van der Waals surface area (Å²) in [5.41, 5.74) is 1.15. The first kappa shape index (κ1) is 17.9. The van der Waals surface area contributed by atoms with Gasteiger partial charge in [-0.2, -0.15) is 4.31 Å². The van der Waals surface area contributed by atoms with Crippen molar-refractivity contribution in [2.45, 2.75) is 30.2 Å². The van der Waals surface area contributed by atoms with Crippen LogP contribution in [0.5, 0.6) is 0 Å². The van der Waals surface area contributed by atoms with Gasteiger partial charge in [-0.25, -0.2) is 13.4 Å². The minimum atomic E-state index is -3.47. The fraction of sp³-hybridized carbons (Fsp3) is 0.300. The number of pyridine rings is 1. The number of nitrogens with zero attached hydrogens (tertiary/aromatic N) is 4. The SMILES string of the molecule is O=S(=O)(c1ccccc1)N1CCCC(c2nccn2Cc2ccncc2)C1. The van der Waals surface area contributed by atoms with Crippen molar-refractivity contribution in [3.63, 3.8) is 0 Å². The number of imidazole rings is 1. The van der Waals surface area contributed by atoms with Crippen LogP contribution in [0.4, 0.5) is 0 Å². The molecule has 0 amide bonds. The Balaban J connectivity index is 1.55. The van der Waals surface area contributed by atoms with Crippen LogP contribution in [0.15, 0.2) is 72.1 Å². The van der Waals surface area contributed by atoms with Gasteiger partial charge in [0.2, 0.25) is 10.0 Å². The Morgan fingerprint density at radius 1 is 1.04 bits per heavy atom. The maximum Gasteiger partial charge on any atom is 0.243 e. The first-order chi connectivity index (χ1) is 13.1. The largest absolute Gasteiger partial charge is 0.330 e. The molecule has 0 spiro atoms. The second kappa shape index (κ2) is 7.62. The molecule has 0 N–H and O–H groups in total. The number of hydrogen-bond acceptors (Lipinski definition) is 4. The molecule has 3 aromatic rings. The van der Waals surface area contributed by atoms with Gasteiger partial charge >= 0.3 is 0 Å². The molecule has 1 unspecified atom stereocenters. The molecular weight excluding hydrogens is 360 g/mol. The average molecular weight is 382 g/mol. The first-order valence-electron chi connectivity index (χ1n) is 9.10. The van der Waals surface area contributed by atoms with Crippen molar-refractivity contribution in [3.05, 3.63) is 78.6 Å². The van der Waals surface area contributed by atoms with Crippen molar-refractivity contribution in [2.75, 3.05) is 13.1 Å². The van der Waals surface area contributed by atoms with Gasteiger partial charge in [0, 0.05) is 50.3 Å². The molecule has 0 bridgehead atoms. The lowest BCUT2D eigenvalue weighted by molar-refractivity contribution is 0.305. The van der Waals surface area contributed by atoms with Gasteiger partial charge in [-0.1, -0.05) is 18.2 Å². The van der Waals surface area contributed by atoms with Crippen LogP contribution in [0.25, 0.3) is 0 Å². The van der Waals surface area contributed by atoms with E-state index in [1.54, 1.807) is 47.2 Å². The lowest BCUT2D eigenvalue weighted by Gasteiger charge is -2.32. The maximum atomic E-state index is 13.0. The third-order valence-electron chi connectivity index (χ3n) is 4.98. The molecule has 1 aliphatic rings. The van der Waals surface area contributed by atoms with E-state index in [0.717, 1.165) is 24.2 Å². The summed E-state index contributed by atoms with van der Waals surface area (Å²) < 4.78 is 29.6. The van der Waals surface area contributed by atoms with Gasteiger partial charge in [-0.15, -0.1) is 0 Å². The Morgan fingerprint density at radius 2 is 1.81 bits per heavy atom. The second-order valence-corrected chi connectivity index (χ2v) is 8.72. The predicted octanol–water partition coefficient (Wildman–Crippen LogP) is 2.89. The zero-order valence-corrected chi connectivity index (χ0v) is 15.8. The molecule has 2 aromatic heterocycles. The van der Waals surface area contributed by atoms with E-state index in [2.05, 4.69) is 14.5 Å². The lowest BCUT2D eigenvalue weighted by Crippen LogP contribution is -2.39. The monoisotopic (exact) mass is 382 g/mol. The van der Waals surface area contributed by atoms with Crippen LogP contribution in [0.3, 0.4) is 0 Å². The molecule has 0 aliphatic carbocycles. The normalized spacial score (nSPS) is 18.4. The van der Waals surface area contributed by atoms with Gasteiger partial charge in [0.15, 0.2) is 0 Å². The number of rotatable bonds is 5. The summed E-state index contributed by atoms with van der Waals surface area (Å²) in [6.07, 6.45) is 9.08. The molecule has 6 nitrogen and oxygen atoms in total. The summed E-state index contributed by atoms with van der Waals surface area (Å²) in [7, 11) is -3.47. The Bertz CT molecular complexity index is 987. The van der Waals surface area contributed by atoms with E-state index >= 15 is 0 Å². The van der Waals surface area contributed by atoms with Crippen LogP contribution < -0.4 is 0 Å². The van der Waals surface area contributed by atoms with Gasteiger partial charge < -0.3 is 4.57 Å². The zero-order chi connectivity index (χ0) is 18.7. The average Bonchev–Trinajstić information content (AvgIpc) is 3.18. The number of benzene rings is 1. The van der Waals surface area contributed by atoms with E-state index < -0.39 is 10.0 Å². The first-order valence-corrected chi connectivity index (χ1v) is 10.5. The molecule has 1 saturated heterocycles. The molecule has 0 saturated carbocycles. The van der Waals surface area contributed by atoms with Crippen LogP contribution in [0.2, 0.25) is 0 Å². The van der Waals surface area contributed by atoms with Crippen molar-refractivity contribution >= 4 is 10.0 Å². The molecule has 7 heteroatoms. The third kappa shape index (κ3) is 3.79. The Labute approximate surface area is 159 Å². The second-order valence-electron chi connectivity index (χ2n) is 6.78. The summed E-state index contributed by atoms with van der Waals surface area (Å²) in [5, 5.41) is 0. The molecule has 0 radical (unpaired) electrons. The minimum absolute atomic E-state index is 0.0917. The number of piperidine rings is 1. The van der Waals surface area contributed by atoms with Gasteiger partial charge in [0.1, 0.15) is 5.82 Å². The van der Waals surface area contributed by atoms with Crippen molar-refractivity contribution in [1.29, 1.82) is 0 Å². The van der Waals surface area contributed by atoms with Crippen LogP contribution >= 0.6 is 0 Å². The van der Waals surface area contributed by atoms with Crippen molar-refractivity contribution < 1.29 is 8.42 Å². The molecular formula is C20H22N4O2S. The molecule has 140 valence electrons. The maximum absolute atomic E-state index is 13.0. The molecule has 1 atom stereocenters. The summed E-state index contributed by atoms with van der Waals surface area (Å²) in [6.45, 7) is 1.73. The summed E-state index contributed by atoms with van der Waals surface area (Å²) >= 11 is 0. The Hall–Kier alpha value is -2.51. The van der Waals surface area contributed by atoms with Crippen LogP contribution in [-0.4, -0.2) is 40.3 Å². The summed E-state index contributed by atoms with van der Waals surface area (Å²) in [5.74, 6) is 1.04. The fourth-order valence-electron chi connectivity index (χ4n) is 3.61. The summed E-state index contributed by atoms with van der Waals surface area (Å²) in [4.78, 5) is 8.96. The highest BCUT2D eigenvalue weighted by atomic mass is 32.2. The molecule has 4 rings (SSSR count). The standard InChI is InChI=1S/C20H22N4O2S/c25-27(26,19-6-2-1-3-7-19)24-13-4-5-18(16-24)20-22-12-14-23(20)15-17-8-10-21-11-9-17/h1-3,6-12,14,18H,4-5,13,15-16H2. The highest BCUT2D eigenvalue weighted by Gasteiger charge is 2.32. The van der Waals surface area contributed by atoms with Gasteiger partial charge in [0.25, 0.3) is 0 Å². The molecule has 1 fully saturated rings. The van der Waals surface area contributed by atoms with Crippen LogP contribution in [0, 0.1) is 0 Å². The van der Waals surface area contributed by atoms with Crippen LogP contribution in [0.1, 0.15) is 30.1 Å². The van der Waals surface area contributed by atoms with Crippen molar-refractivity contribution in [3.8, 4) is 0 Å². The van der Waals surface area contributed by atoms with Gasteiger partial charge in [-0.3, -0.25) is 4.98 Å². The van der Waals surface area contributed by atoms with E-state index in [-0.39, 0.29) is 5.92 Å². The molecule has 27 heavy (non-hydrogen) atoms. The van der Waals surface area contributed by atoms with Gasteiger partial charge in [-0.05, 0) is 42.7 Å².